The van der Waals surface area contributed by atoms with Crippen LogP contribution in [0.4, 0.5) is 0 Å². The lowest BCUT2D eigenvalue weighted by Gasteiger charge is -2.18. The molecular weight excluding hydrogens is 386 g/mol. The molecule has 1 aromatic carbocycles. The van der Waals surface area contributed by atoms with Crippen molar-refractivity contribution in [2.75, 3.05) is 20.4 Å². The zero-order valence-corrected chi connectivity index (χ0v) is 16.0. The Bertz CT molecular complexity index is 789. The van der Waals surface area contributed by atoms with Crippen molar-refractivity contribution in [2.24, 2.45) is 0 Å². The fraction of sp³-hybridized carbons (Fsp3) is 0.263. The van der Waals surface area contributed by atoms with Gasteiger partial charge >= 0.3 is 11.9 Å². The first-order valence-electron chi connectivity index (χ1n) is 8.38. The number of hydrogen-bond acceptors (Lipinski definition) is 7. The van der Waals surface area contributed by atoms with Crippen molar-refractivity contribution in [1.29, 1.82) is 0 Å². The summed E-state index contributed by atoms with van der Waals surface area (Å²) in [7, 11) is 1.95. The van der Waals surface area contributed by atoms with Gasteiger partial charge in [-0.2, -0.15) is 0 Å². The van der Waals surface area contributed by atoms with E-state index in [0.29, 0.717) is 17.9 Å². The lowest BCUT2D eigenvalue weighted by atomic mass is 10.2. The first kappa shape index (κ1) is 21.3. The molecule has 0 saturated heterocycles. The van der Waals surface area contributed by atoms with E-state index < -0.39 is 11.9 Å². The average molecular weight is 407 g/mol. The van der Waals surface area contributed by atoms with Crippen molar-refractivity contribution in [3.8, 4) is 17.2 Å². The number of para-hydroxylation sites is 1. The van der Waals surface area contributed by atoms with Gasteiger partial charge in [-0.3, -0.25) is 0 Å². The van der Waals surface area contributed by atoms with Gasteiger partial charge < -0.3 is 29.7 Å². The Morgan fingerprint density at radius 1 is 1.21 bits per heavy atom. The highest BCUT2D eigenvalue weighted by Crippen LogP contribution is 2.42. The van der Waals surface area contributed by atoms with Crippen LogP contribution in [-0.4, -0.2) is 42.5 Å². The van der Waals surface area contributed by atoms with Gasteiger partial charge in [-0.25, -0.2) is 9.59 Å². The number of aliphatic carboxylic acids is 2. The number of carboxylic acids is 2. The molecule has 2 heterocycles. The summed E-state index contributed by atoms with van der Waals surface area (Å²) in [6.07, 6.45) is 2.05. The van der Waals surface area contributed by atoms with Crippen LogP contribution in [0.25, 0.3) is 0 Å². The van der Waals surface area contributed by atoms with Crippen molar-refractivity contribution in [1.82, 2.24) is 5.32 Å². The Hall–Kier alpha value is -3.04. The van der Waals surface area contributed by atoms with Crippen molar-refractivity contribution < 1.29 is 34.0 Å². The Labute approximate surface area is 166 Å². The quantitative estimate of drug-likeness (QED) is 0.572. The van der Waals surface area contributed by atoms with Crippen LogP contribution in [0.15, 0.2) is 47.9 Å². The SMILES string of the molecule is CNCC[C@H](Oc1cccc2c1OCO2)c1cccs1.O=C(O)/C=C/C(=O)O. The molecule has 0 fully saturated rings. The number of carbonyl (C=O) groups is 2. The molecule has 0 radical (unpaired) electrons. The maximum Gasteiger partial charge on any atom is 0.328 e. The van der Waals surface area contributed by atoms with Gasteiger partial charge in [0.15, 0.2) is 11.5 Å². The van der Waals surface area contributed by atoms with Gasteiger partial charge in [0.1, 0.15) is 6.10 Å². The van der Waals surface area contributed by atoms with Crippen molar-refractivity contribution in [2.45, 2.75) is 12.5 Å². The molecule has 2 aromatic rings. The molecule has 9 heteroatoms. The molecule has 0 aliphatic carbocycles. The summed E-state index contributed by atoms with van der Waals surface area (Å²) in [6.45, 7) is 1.16. The maximum absolute atomic E-state index is 9.55. The minimum Gasteiger partial charge on any atom is -0.481 e. The number of thiophene rings is 1. The van der Waals surface area contributed by atoms with Crippen molar-refractivity contribution >= 4 is 23.3 Å². The van der Waals surface area contributed by atoms with Crippen LogP contribution in [0.5, 0.6) is 17.2 Å². The fourth-order valence-corrected chi connectivity index (χ4v) is 3.09. The van der Waals surface area contributed by atoms with Gasteiger partial charge in [-0.05, 0) is 37.2 Å². The predicted octanol–water partition coefficient (Wildman–Crippen LogP) is 2.92. The first-order valence-corrected chi connectivity index (χ1v) is 9.26. The average Bonchev–Trinajstić information content (AvgIpc) is 3.35. The molecule has 1 aliphatic rings. The van der Waals surface area contributed by atoms with E-state index in [1.54, 1.807) is 11.3 Å². The van der Waals surface area contributed by atoms with Crippen LogP contribution in [0, 0.1) is 0 Å². The van der Waals surface area contributed by atoms with Crippen LogP contribution in [0.1, 0.15) is 17.4 Å². The summed E-state index contributed by atoms with van der Waals surface area (Å²) in [5, 5.41) is 20.9. The van der Waals surface area contributed by atoms with Gasteiger partial charge in [0.05, 0.1) is 0 Å². The van der Waals surface area contributed by atoms with Gasteiger partial charge in [0.25, 0.3) is 0 Å². The minimum absolute atomic E-state index is 0.0261. The molecule has 1 aromatic heterocycles. The second-order valence-electron chi connectivity index (χ2n) is 5.51. The summed E-state index contributed by atoms with van der Waals surface area (Å²) in [6, 6.07) is 9.89. The second kappa shape index (κ2) is 11.0. The van der Waals surface area contributed by atoms with E-state index in [0.717, 1.165) is 24.5 Å². The third-order valence-electron chi connectivity index (χ3n) is 3.52. The Morgan fingerprint density at radius 3 is 2.57 bits per heavy atom. The molecular formula is C19H21NO7S. The molecule has 0 amide bonds. The number of hydrogen-bond donors (Lipinski definition) is 3. The van der Waals surface area contributed by atoms with Crippen molar-refractivity contribution in [3.05, 3.63) is 52.7 Å². The minimum atomic E-state index is -1.26. The number of fused-ring (bicyclic) bond motifs is 1. The van der Waals surface area contributed by atoms with Gasteiger partial charge in [0.2, 0.25) is 12.5 Å². The smallest absolute Gasteiger partial charge is 0.328 e. The normalized spacial score (nSPS) is 12.9. The molecule has 1 aliphatic heterocycles. The second-order valence-corrected chi connectivity index (χ2v) is 6.49. The summed E-state index contributed by atoms with van der Waals surface area (Å²) in [5.41, 5.74) is 0. The van der Waals surface area contributed by atoms with E-state index in [1.807, 2.05) is 31.3 Å². The highest BCUT2D eigenvalue weighted by atomic mass is 32.1. The molecule has 8 nitrogen and oxygen atoms in total. The van der Waals surface area contributed by atoms with E-state index in [2.05, 4.69) is 16.8 Å². The molecule has 0 unspecified atom stereocenters. The van der Waals surface area contributed by atoms with Crippen LogP contribution < -0.4 is 19.5 Å². The molecule has 3 rings (SSSR count). The van der Waals surface area contributed by atoms with Crippen LogP contribution in [-0.2, 0) is 9.59 Å². The molecule has 150 valence electrons. The lowest BCUT2D eigenvalue weighted by Crippen LogP contribution is -2.15. The van der Waals surface area contributed by atoms with Gasteiger partial charge in [0, 0.05) is 23.5 Å². The van der Waals surface area contributed by atoms with Crippen LogP contribution in [0.3, 0.4) is 0 Å². The number of benzene rings is 1. The third kappa shape index (κ3) is 6.60. The number of nitrogens with one attached hydrogen (secondary N) is 1. The zero-order valence-electron chi connectivity index (χ0n) is 15.2. The van der Waals surface area contributed by atoms with E-state index in [9.17, 15) is 9.59 Å². The highest BCUT2D eigenvalue weighted by Gasteiger charge is 2.22. The zero-order chi connectivity index (χ0) is 20.4. The molecule has 3 N–H and O–H groups in total. The van der Waals surface area contributed by atoms with Crippen molar-refractivity contribution in [3.63, 3.8) is 0 Å². The summed E-state index contributed by atoms with van der Waals surface area (Å²) < 4.78 is 17.0. The molecule has 0 saturated carbocycles. The summed E-state index contributed by atoms with van der Waals surface area (Å²) in [5.74, 6) is -0.311. The predicted molar refractivity (Wildman–Crippen MR) is 103 cm³/mol. The first-order chi connectivity index (χ1) is 13.5. The van der Waals surface area contributed by atoms with Crippen LogP contribution in [0.2, 0.25) is 0 Å². The van der Waals surface area contributed by atoms with Gasteiger partial charge in [-0.1, -0.05) is 12.1 Å². The Balaban J connectivity index is 0.000000300. The fourth-order valence-electron chi connectivity index (χ4n) is 2.30. The van der Waals surface area contributed by atoms with E-state index in [1.165, 1.54) is 4.88 Å². The molecule has 0 bridgehead atoms. The van der Waals surface area contributed by atoms with E-state index >= 15 is 0 Å². The Morgan fingerprint density at radius 2 is 1.96 bits per heavy atom. The third-order valence-corrected chi connectivity index (χ3v) is 4.48. The molecule has 28 heavy (non-hydrogen) atoms. The standard InChI is InChI=1S/C15H17NO3S.C4H4O4/c1-16-8-7-11(14-6-3-9-20-14)19-13-5-2-4-12-15(13)18-10-17-12;5-3(6)1-2-4(7)8/h2-6,9,11,16H,7-8,10H2,1H3;1-2H,(H,5,6)(H,7,8)/b;2-1+/t11-;/m0./s1. The highest BCUT2D eigenvalue weighted by molar-refractivity contribution is 7.10. The lowest BCUT2D eigenvalue weighted by molar-refractivity contribution is -0.134. The monoisotopic (exact) mass is 407 g/mol. The maximum atomic E-state index is 9.55. The van der Waals surface area contributed by atoms with Gasteiger partial charge in [-0.15, -0.1) is 11.3 Å². The number of ether oxygens (including phenoxy) is 3. The van der Waals surface area contributed by atoms with Crippen LogP contribution >= 0.6 is 11.3 Å². The molecule has 1 atom stereocenters. The summed E-state index contributed by atoms with van der Waals surface area (Å²) in [4.78, 5) is 20.3. The topological polar surface area (TPSA) is 114 Å². The largest absolute Gasteiger partial charge is 0.481 e. The number of rotatable bonds is 8. The number of carboxylic acid groups (broad SMARTS) is 2. The van der Waals surface area contributed by atoms with E-state index in [4.69, 9.17) is 24.4 Å². The molecule has 0 spiro atoms. The van der Waals surface area contributed by atoms with E-state index in [-0.39, 0.29) is 12.9 Å². The summed E-state index contributed by atoms with van der Waals surface area (Å²) >= 11 is 1.71. The Kier molecular flexibility index (Phi) is 8.32.